The number of benzene rings is 1. The van der Waals surface area contributed by atoms with Gasteiger partial charge in [-0.2, -0.15) is 0 Å². The number of carboxylic acid groups (broad SMARTS) is 1. The van der Waals surface area contributed by atoms with E-state index < -0.39 is 17.9 Å². The fourth-order valence-corrected chi connectivity index (χ4v) is 3.94. The first kappa shape index (κ1) is 24.5. The van der Waals surface area contributed by atoms with E-state index >= 15 is 0 Å². The molecule has 0 radical (unpaired) electrons. The van der Waals surface area contributed by atoms with E-state index in [4.69, 9.17) is 27.9 Å². The Balaban J connectivity index is 1.60. The van der Waals surface area contributed by atoms with Gasteiger partial charge in [0.1, 0.15) is 6.04 Å². The highest BCUT2D eigenvalue weighted by molar-refractivity contribution is 6.39. The van der Waals surface area contributed by atoms with Gasteiger partial charge >= 0.3 is 5.97 Å². The summed E-state index contributed by atoms with van der Waals surface area (Å²) in [6.45, 7) is 1.68. The van der Waals surface area contributed by atoms with E-state index in [1.807, 2.05) is 0 Å². The number of ether oxygens (including phenoxy) is 1. The third-order valence-corrected chi connectivity index (χ3v) is 5.67. The van der Waals surface area contributed by atoms with E-state index in [1.54, 1.807) is 18.2 Å². The number of nitrogens with one attached hydrogen (secondary N) is 1. The minimum absolute atomic E-state index is 0.108. The largest absolute Gasteiger partial charge is 0.481 e. The van der Waals surface area contributed by atoms with Gasteiger partial charge < -0.3 is 15.2 Å². The normalized spacial score (nSPS) is 14.5. The third-order valence-electron chi connectivity index (χ3n) is 5.04. The number of carbonyl (C=O) groups excluding carboxylic acids is 1. The summed E-state index contributed by atoms with van der Waals surface area (Å²) in [5.74, 6) is -0.718. The van der Waals surface area contributed by atoms with Crippen LogP contribution in [0.4, 0.5) is 0 Å². The molecule has 1 aliphatic rings. The highest BCUT2D eigenvalue weighted by Gasteiger charge is 2.23. The molecule has 1 aromatic carbocycles. The van der Waals surface area contributed by atoms with Crippen molar-refractivity contribution in [1.82, 2.24) is 5.32 Å². The molecule has 1 atom stereocenters. The smallest absolute Gasteiger partial charge is 0.326 e. The predicted octanol–water partition coefficient (Wildman–Crippen LogP) is 5.51. The first-order valence-corrected chi connectivity index (χ1v) is 11.4. The highest BCUT2D eigenvalue weighted by Crippen LogP contribution is 2.24. The van der Waals surface area contributed by atoms with Crippen LogP contribution in [0.15, 0.2) is 23.2 Å². The number of carbonyl (C=O) groups is 2. The zero-order valence-electron chi connectivity index (χ0n) is 17.2. The number of halogens is 2. The summed E-state index contributed by atoms with van der Waals surface area (Å²) in [6, 6.07) is 3.77. The Morgan fingerprint density at radius 3 is 2.30 bits per heavy atom. The Labute approximate surface area is 188 Å². The first-order valence-electron chi connectivity index (χ1n) is 10.6. The maximum Gasteiger partial charge on any atom is 0.326 e. The molecule has 8 heteroatoms. The van der Waals surface area contributed by atoms with Crippen molar-refractivity contribution in [2.75, 3.05) is 13.2 Å². The lowest BCUT2D eigenvalue weighted by Crippen LogP contribution is -2.41. The summed E-state index contributed by atoms with van der Waals surface area (Å²) < 4.78 is 5.51. The van der Waals surface area contributed by atoms with E-state index in [2.05, 4.69) is 10.3 Å². The number of aliphatic imine (C=N–C) groups is 1. The van der Waals surface area contributed by atoms with Crippen molar-refractivity contribution >= 4 is 41.0 Å². The number of hydrogen-bond donors (Lipinski definition) is 2. The molecular formula is C22H30Cl2N2O4. The molecule has 0 spiro atoms. The predicted molar refractivity (Wildman–Crippen MR) is 120 cm³/mol. The number of hydrogen-bond acceptors (Lipinski definition) is 4. The maximum absolute atomic E-state index is 12.4. The van der Waals surface area contributed by atoms with Crippen molar-refractivity contribution in [3.63, 3.8) is 0 Å². The molecule has 0 fully saturated rings. The van der Waals surface area contributed by atoms with Gasteiger partial charge in [-0.1, -0.05) is 67.8 Å². The van der Waals surface area contributed by atoms with Crippen molar-refractivity contribution in [2.45, 2.75) is 70.3 Å². The van der Waals surface area contributed by atoms with Gasteiger partial charge in [0.2, 0.25) is 0 Å². The van der Waals surface area contributed by atoms with Crippen LogP contribution in [0.25, 0.3) is 0 Å². The third kappa shape index (κ3) is 8.52. The number of rotatable bonds is 13. The summed E-state index contributed by atoms with van der Waals surface area (Å²) >= 11 is 12.0. The molecule has 0 aliphatic carbocycles. The fourth-order valence-electron chi connectivity index (χ4n) is 3.37. The molecule has 6 nitrogen and oxygen atoms in total. The van der Waals surface area contributed by atoms with E-state index in [9.17, 15) is 14.7 Å². The second kappa shape index (κ2) is 13.5. The Kier molecular flexibility index (Phi) is 11.0. The summed E-state index contributed by atoms with van der Waals surface area (Å²) in [5.41, 5.74) is 0.108. The van der Waals surface area contributed by atoms with Gasteiger partial charge in [0.15, 0.2) is 5.90 Å². The fraction of sp³-hybridized carbons (Fsp3) is 0.591. The highest BCUT2D eigenvalue weighted by atomic mass is 35.5. The van der Waals surface area contributed by atoms with Gasteiger partial charge in [0.05, 0.1) is 22.2 Å². The standard InChI is InChI=1S/C22H30Cl2N2O4/c23-16-10-8-11-17(24)20(16)21(27)26-18(22(28)29)12-6-4-2-1-3-5-7-13-19-25-14-9-15-30-19/h8,10-11,18H,1-7,9,12-15H2,(H,26,27)(H,28,29)/t18-/m0/s1. The van der Waals surface area contributed by atoms with Gasteiger partial charge in [-0.3, -0.25) is 9.79 Å². The van der Waals surface area contributed by atoms with Gasteiger partial charge in [-0.15, -0.1) is 0 Å². The molecule has 1 aliphatic heterocycles. The van der Waals surface area contributed by atoms with Gasteiger partial charge in [0.25, 0.3) is 5.91 Å². The van der Waals surface area contributed by atoms with Crippen molar-refractivity contribution in [3.05, 3.63) is 33.8 Å². The lowest BCUT2D eigenvalue weighted by molar-refractivity contribution is -0.139. The Bertz CT molecular complexity index is 720. The Morgan fingerprint density at radius 2 is 1.70 bits per heavy atom. The van der Waals surface area contributed by atoms with Gasteiger partial charge in [0, 0.05) is 19.4 Å². The number of unbranched alkanes of at least 4 members (excludes halogenated alkanes) is 6. The van der Waals surface area contributed by atoms with E-state index in [-0.39, 0.29) is 15.6 Å². The van der Waals surface area contributed by atoms with Crippen molar-refractivity contribution in [1.29, 1.82) is 0 Å². The van der Waals surface area contributed by atoms with Crippen LogP contribution in [0, 0.1) is 0 Å². The second-order valence-electron chi connectivity index (χ2n) is 7.45. The topological polar surface area (TPSA) is 88.0 Å². The number of nitrogens with zero attached hydrogens (tertiary/aromatic N) is 1. The van der Waals surface area contributed by atoms with Crippen LogP contribution in [0.1, 0.15) is 74.6 Å². The molecule has 166 valence electrons. The molecule has 0 saturated heterocycles. The molecule has 0 aromatic heterocycles. The molecule has 1 aromatic rings. The van der Waals surface area contributed by atoms with Crippen LogP contribution < -0.4 is 5.32 Å². The van der Waals surface area contributed by atoms with Crippen LogP contribution in [-0.2, 0) is 9.53 Å². The van der Waals surface area contributed by atoms with E-state index in [0.29, 0.717) is 6.42 Å². The average Bonchev–Trinajstić information content (AvgIpc) is 2.72. The summed E-state index contributed by atoms with van der Waals surface area (Å²) in [6.07, 6.45) is 9.54. The summed E-state index contributed by atoms with van der Waals surface area (Å²) in [5, 5.41) is 12.3. The van der Waals surface area contributed by atoms with Crippen LogP contribution >= 0.6 is 23.2 Å². The van der Waals surface area contributed by atoms with Crippen LogP contribution in [0.3, 0.4) is 0 Å². The minimum Gasteiger partial charge on any atom is -0.481 e. The number of carboxylic acids is 1. The van der Waals surface area contributed by atoms with Crippen molar-refractivity contribution in [2.24, 2.45) is 4.99 Å². The van der Waals surface area contributed by atoms with Crippen molar-refractivity contribution < 1.29 is 19.4 Å². The zero-order chi connectivity index (χ0) is 21.8. The second-order valence-corrected chi connectivity index (χ2v) is 8.27. The molecule has 1 heterocycles. The Morgan fingerprint density at radius 1 is 1.07 bits per heavy atom. The minimum atomic E-state index is -1.06. The van der Waals surface area contributed by atoms with Gasteiger partial charge in [-0.05, 0) is 25.0 Å². The van der Waals surface area contributed by atoms with E-state index in [0.717, 1.165) is 76.8 Å². The molecule has 30 heavy (non-hydrogen) atoms. The maximum atomic E-state index is 12.4. The van der Waals surface area contributed by atoms with Crippen LogP contribution in [0.5, 0.6) is 0 Å². The molecule has 2 N–H and O–H groups in total. The number of aliphatic carboxylic acids is 1. The quantitative estimate of drug-likeness (QED) is 0.383. The average molecular weight is 457 g/mol. The SMILES string of the molecule is O=C(N[C@@H](CCCCCCCCCC1=NCCCO1)C(=O)O)c1c(Cl)cccc1Cl. The van der Waals surface area contributed by atoms with Crippen LogP contribution in [0.2, 0.25) is 10.0 Å². The molecular weight excluding hydrogens is 427 g/mol. The zero-order valence-corrected chi connectivity index (χ0v) is 18.7. The first-order chi connectivity index (χ1) is 14.5. The number of amides is 1. The molecule has 0 saturated carbocycles. The van der Waals surface area contributed by atoms with Crippen molar-refractivity contribution in [3.8, 4) is 0 Å². The summed E-state index contributed by atoms with van der Waals surface area (Å²) in [7, 11) is 0. The molecule has 0 unspecified atom stereocenters. The summed E-state index contributed by atoms with van der Waals surface area (Å²) in [4.78, 5) is 28.3. The Hall–Kier alpha value is -1.79. The monoisotopic (exact) mass is 456 g/mol. The van der Waals surface area contributed by atoms with Crippen LogP contribution in [-0.4, -0.2) is 42.1 Å². The van der Waals surface area contributed by atoms with Gasteiger partial charge in [-0.25, -0.2) is 4.79 Å². The molecule has 1 amide bonds. The molecule has 2 rings (SSSR count). The van der Waals surface area contributed by atoms with E-state index in [1.165, 1.54) is 0 Å². The lowest BCUT2D eigenvalue weighted by Gasteiger charge is -2.15. The molecule has 0 bridgehead atoms. The lowest BCUT2D eigenvalue weighted by atomic mass is 10.0.